The number of hydrogen-bond donors (Lipinski definition) is 1. The van der Waals surface area contributed by atoms with Crippen molar-refractivity contribution in [3.63, 3.8) is 0 Å². The molecule has 32 heavy (non-hydrogen) atoms. The number of aromatic nitrogens is 3. The van der Waals surface area contributed by atoms with Gasteiger partial charge in [0.25, 0.3) is 0 Å². The minimum atomic E-state index is -0.419. The lowest BCUT2D eigenvalue weighted by Crippen LogP contribution is -2.31. The molecule has 0 spiro atoms. The van der Waals surface area contributed by atoms with Crippen LogP contribution < -0.4 is 14.8 Å². The number of Topliss-reactive ketones (excluding diaryl/α,β-unsaturated/α-hetero) is 1. The fraction of sp³-hybridized carbons (Fsp3) is 0.292. The van der Waals surface area contributed by atoms with Gasteiger partial charge >= 0.3 is 0 Å². The highest BCUT2D eigenvalue weighted by Gasteiger charge is 2.38. The number of methoxy groups -OCH3 is 2. The molecule has 5 rings (SSSR count). The highest BCUT2D eigenvalue weighted by atomic mass is 32.2. The smallest absolute Gasteiger partial charge is 0.227 e. The van der Waals surface area contributed by atoms with Crippen molar-refractivity contribution >= 4 is 23.5 Å². The van der Waals surface area contributed by atoms with Crippen LogP contribution in [0.2, 0.25) is 0 Å². The molecule has 0 unspecified atom stereocenters. The van der Waals surface area contributed by atoms with Crippen LogP contribution in [0.15, 0.2) is 65.0 Å². The molecule has 2 aromatic carbocycles. The molecule has 1 aliphatic carbocycles. The fourth-order valence-electron chi connectivity index (χ4n) is 4.33. The number of hydrogen-bond acceptors (Lipinski definition) is 7. The standard InChI is InChI=1S/C24H24N4O3S/c1-30-19-13-6-10-16(22(19)31-2)21-20-17(11-7-12-18(20)29)25-23-26-24(27-28(21)23)32-14-15-8-4-3-5-9-15/h3-6,8-10,13,21H,7,11-12,14H2,1-2H3,(H,25,26,27)/t21-/m0/s1. The van der Waals surface area contributed by atoms with Gasteiger partial charge in [0.1, 0.15) is 6.04 Å². The van der Waals surface area contributed by atoms with Gasteiger partial charge in [0.05, 0.1) is 14.2 Å². The first-order valence-corrected chi connectivity index (χ1v) is 11.6. The summed E-state index contributed by atoms with van der Waals surface area (Å²) in [7, 11) is 3.23. The van der Waals surface area contributed by atoms with Crippen LogP contribution >= 0.6 is 11.8 Å². The lowest BCUT2D eigenvalue weighted by molar-refractivity contribution is -0.116. The number of allylic oxidation sites excluding steroid dienone is 2. The molecule has 0 fully saturated rings. The van der Waals surface area contributed by atoms with Crippen molar-refractivity contribution in [3.8, 4) is 11.5 Å². The molecule has 164 valence electrons. The van der Waals surface area contributed by atoms with E-state index < -0.39 is 6.04 Å². The molecule has 3 aromatic rings. The highest BCUT2D eigenvalue weighted by Crippen LogP contribution is 2.45. The van der Waals surface area contributed by atoms with Crippen LogP contribution in [0.1, 0.15) is 36.4 Å². The molecule has 1 aliphatic heterocycles. The second-order valence-corrected chi connectivity index (χ2v) is 8.66. The van der Waals surface area contributed by atoms with Crippen LogP contribution in [0.4, 0.5) is 5.95 Å². The van der Waals surface area contributed by atoms with Gasteiger partial charge in [0, 0.05) is 29.0 Å². The number of nitrogens with one attached hydrogen (secondary N) is 1. The van der Waals surface area contributed by atoms with Gasteiger partial charge in [0.15, 0.2) is 17.3 Å². The van der Waals surface area contributed by atoms with Crippen molar-refractivity contribution in [1.82, 2.24) is 14.8 Å². The summed E-state index contributed by atoms with van der Waals surface area (Å²) < 4.78 is 13.0. The van der Waals surface area contributed by atoms with Gasteiger partial charge in [0.2, 0.25) is 11.1 Å². The quantitative estimate of drug-likeness (QED) is 0.552. The molecule has 7 nitrogen and oxygen atoms in total. The van der Waals surface area contributed by atoms with Crippen molar-refractivity contribution in [2.75, 3.05) is 19.5 Å². The Kier molecular flexibility index (Phi) is 5.61. The summed E-state index contributed by atoms with van der Waals surface area (Å²) in [6.45, 7) is 0. The minimum absolute atomic E-state index is 0.133. The van der Waals surface area contributed by atoms with Gasteiger partial charge in [-0.3, -0.25) is 4.79 Å². The molecular weight excluding hydrogens is 424 g/mol. The third kappa shape index (κ3) is 3.64. The third-order valence-corrected chi connectivity index (χ3v) is 6.70. The van der Waals surface area contributed by atoms with Gasteiger partial charge < -0.3 is 14.8 Å². The number of ketones is 1. The van der Waals surface area contributed by atoms with E-state index in [1.165, 1.54) is 5.56 Å². The van der Waals surface area contributed by atoms with Gasteiger partial charge in [-0.25, -0.2) is 4.68 Å². The molecule has 2 aliphatic rings. The summed E-state index contributed by atoms with van der Waals surface area (Å²) in [5.74, 6) is 2.77. The molecule has 1 atom stereocenters. The van der Waals surface area contributed by atoms with Gasteiger partial charge in [-0.2, -0.15) is 4.98 Å². The lowest BCUT2D eigenvalue weighted by atomic mass is 9.85. The Morgan fingerprint density at radius 2 is 1.94 bits per heavy atom. The predicted molar refractivity (Wildman–Crippen MR) is 123 cm³/mol. The number of ether oxygens (including phenoxy) is 2. The summed E-state index contributed by atoms with van der Waals surface area (Å²) in [4.78, 5) is 17.8. The third-order valence-electron chi connectivity index (χ3n) is 5.79. The monoisotopic (exact) mass is 448 g/mol. The average Bonchev–Trinajstić information content (AvgIpc) is 3.24. The Bertz CT molecular complexity index is 1190. The van der Waals surface area contributed by atoms with E-state index in [1.807, 2.05) is 41.1 Å². The molecule has 1 N–H and O–H groups in total. The number of carbonyl (C=O) groups is 1. The van der Waals surface area contributed by atoms with E-state index in [4.69, 9.17) is 19.6 Å². The maximum Gasteiger partial charge on any atom is 0.227 e. The summed E-state index contributed by atoms with van der Waals surface area (Å²) in [6, 6.07) is 15.5. The normalized spacial score (nSPS) is 17.4. The first-order valence-electron chi connectivity index (χ1n) is 10.6. The summed E-state index contributed by atoms with van der Waals surface area (Å²) >= 11 is 1.57. The molecule has 0 bridgehead atoms. The molecule has 1 aromatic heterocycles. The second-order valence-electron chi connectivity index (χ2n) is 7.72. The first kappa shape index (κ1) is 20.6. The molecular formula is C24H24N4O3S. The number of rotatable bonds is 6. The lowest BCUT2D eigenvalue weighted by Gasteiger charge is -2.32. The number of fused-ring (bicyclic) bond motifs is 1. The zero-order valence-electron chi connectivity index (χ0n) is 18.0. The molecule has 0 radical (unpaired) electrons. The van der Waals surface area contributed by atoms with Crippen LogP contribution in [-0.4, -0.2) is 34.8 Å². The Morgan fingerprint density at radius 1 is 1.09 bits per heavy atom. The highest BCUT2D eigenvalue weighted by molar-refractivity contribution is 7.98. The van der Waals surface area contributed by atoms with Crippen molar-refractivity contribution in [1.29, 1.82) is 0 Å². The van der Waals surface area contributed by atoms with Crippen LogP contribution in [0.25, 0.3) is 0 Å². The summed E-state index contributed by atoms with van der Waals surface area (Å²) in [6.07, 6.45) is 2.17. The minimum Gasteiger partial charge on any atom is -0.493 e. The van der Waals surface area contributed by atoms with Crippen LogP contribution in [0.5, 0.6) is 11.5 Å². The number of para-hydroxylation sites is 1. The van der Waals surface area contributed by atoms with E-state index >= 15 is 0 Å². The van der Waals surface area contributed by atoms with E-state index in [2.05, 4.69) is 17.4 Å². The molecule has 0 saturated carbocycles. The Labute approximate surface area is 190 Å². The SMILES string of the molecule is COc1cccc([C@H]2C3=C(CCCC3=O)Nc3nc(SCc4ccccc4)nn32)c1OC. The van der Waals surface area contributed by atoms with E-state index in [-0.39, 0.29) is 5.78 Å². The van der Waals surface area contributed by atoms with Crippen molar-refractivity contribution in [3.05, 3.63) is 70.9 Å². The van der Waals surface area contributed by atoms with Crippen molar-refractivity contribution < 1.29 is 14.3 Å². The van der Waals surface area contributed by atoms with Crippen LogP contribution in [-0.2, 0) is 10.5 Å². The van der Waals surface area contributed by atoms with Gasteiger partial charge in [-0.1, -0.05) is 54.2 Å². The number of benzene rings is 2. The average molecular weight is 449 g/mol. The number of nitrogens with zero attached hydrogens (tertiary/aromatic N) is 3. The first-order chi connectivity index (χ1) is 15.7. The van der Waals surface area contributed by atoms with Crippen LogP contribution in [0.3, 0.4) is 0 Å². The van der Waals surface area contributed by atoms with Gasteiger partial charge in [-0.15, -0.1) is 5.10 Å². The predicted octanol–water partition coefficient (Wildman–Crippen LogP) is 4.61. The fourth-order valence-corrected chi connectivity index (χ4v) is 5.12. The molecule has 0 saturated heterocycles. The second kappa shape index (κ2) is 8.70. The van der Waals surface area contributed by atoms with E-state index in [1.54, 1.807) is 26.0 Å². The Hall–Kier alpha value is -3.26. The van der Waals surface area contributed by atoms with Crippen LogP contribution in [0, 0.1) is 0 Å². The van der Waals surface area contributed by atoms with E-state index in [0.29, 0.717) is 29.0 Å². The molecule has 2 heterocycles. The Morgan fingerprint density at radius 3 is 2.72 bits per heavy atom. The maximum absolute atomic E-state index is 13.1. The number of anilines is 1. The summed E-state index contributed by atoms with van der Waals surface area (Å²) in [5, 5.41) is 8.84. The topological polar surface area (TPSA) is 78.3 Å². The van der Waals surface area contributed by atoms with Gasteiger partial charge in [-0.05, 0) is 24.5 Å². The number of carbonyl (C=O) groups excluding carboxylic acids is 1. The molecule has 8 heteroatoms. The summed E-state index contributed by atoms with van der Waals surface area (Å²) in [5.41, 5.74) is 3.70. The number of thioether (sulfide) groups is 1. The molecule has 0 amide bonds. The zero-order valence-corrected chi connectivity index (χ0v) is 18.8. The zero-order chi connectivity index (χ0) is 22.1. The largest absolute Gasteiger partial charge is 0.493 e. The van der Waals surface area contributed by atoms with Crippen molar-refractivity contribution in [2.45, 2.75) is 36.2 Å². The Balaban J connectivity index is 1.58. The maximum atomic E-state index is 13.1. The van der Waals surface area contributed by atoms with Crippen molar-refractivity contribution in [2.24, 2.45) is 0 Å². The van der Waals surface area contributed by atoms with E-state index in [9.17, 15) is 4.79 Å². The van der Waals surface area contributed by atoms with E-state index in [0.717, 1.165) is 35.4 Å².